The second-order valence-corrected chi connectivity index (χ2v) is 12.0. The first-order valence-corrected chi connectivity index (χ1v) is 15.9. The van der Waals surface area contributed by atoms with Crippen LogP contribution in [0.4, 0.5) is 17.1 Å². The molecule has 0 aromatic heterocycles. The van der Waals surface area contributed by atoms with E-state index in [1.54, 1.807) is 14.2 Å². The molecule has 0 N–H and O–H groups in total. The molecule has 0 saturated carbocycles. The summed E-state index contributed by atoms with van der Waals surface area (Å²) < 4.78 is 11.1. The number of fused-ring (bicyclic) bond motifs is 10. The number of hydrogen-bond acceptors (Lipinski definition) is 3. The highest BCUT2D eigenvalue weighted by molar-refractivity contribution is 6.31. The highest BCUT2D eigenvalue weighted by Crippen LogP contribution is 2.48. The first kappa shape index (κ1) is 27.3. The quantitative estimate of drug-likeness (QED) is 0.144. The minimum Gasteiger partial charge on any atom is -0.497 e. The van der Waals surface area contributed by atoms with Gasteiger partial charge in [0, 0.05) is 22.1 Å². The summed E-state index contributed by atoms with van der Waals surface area (Å²) in [6.45, 7) is 0. The predicted octanol–water partition coefficient (Wildman–Crippen LogP) is 12.1. The lowest BCUT2D eigenvalue weighted by Gasteiger charge is -2.29. The first-order chi connectivity index (χ1) is 23.2. The van der Waals surface area contributed by atoms with Gasteiger partial charge in [-0.2, -0.15) is 0 Å². The SMILES string of the molecule is COc1ccc(N(c2ccc(OC)cc2)c2c3ccc4ccc5ccccc5c4c3cc3c2ccc2ccc4ccccc4c23)cc1. The Labute approximate surface area is 272 Å². The Kier molecular flexibility index (Phi) is 6.26. The second-order valence-electron chi connectivity index (χ2n) is 12.0. The van der Waals surface area contributed by atoms with Crippen molar-refractivity contribution in [1.82, 2.24) is 0 Å². The third-order valence-electron chi connectivity index (χ3n) is 9.58. The van der Waals surface area contributed by atoms with Crippen LogP contribution in [-0.4, -0.2) is 14.2 Å². The van der Waals surface area contributed by atoms with E-state index in [1.807, 2.05) is 24.3 Å². The summed E-state index contributed by atoms with van der Waals surface area (Å²) in [4.78, 5) is 2.39. The van der Waals surface area contributed by atoms with Gasteiger partial charge in [0.25, 0.3) is 0 Å². The predicted molar refractivity (Wildman–Crippen MR) is 199 cm³/mol. The van der Waals surface area contributed by atoms with Crippen molar-refractivity contribution in [2.75, 3.05) is 19.1 Å². The topological polar surface area (TPSA) is 21.7 Å². The summed E-state index contributed by atoms with van der Waals surface area (Å²) in [7, 11) is 3.42. The van der Waals surface area contributed by atoms with Crippen LogP contribution in [0, 0.1) is 0 Å². The molecule has 3 heteroatoms. The van der Waals surface area contributed by atoms with Crippen LogP contribution in [0.1, 0.15) is 0 Å². The van der Waals surface area contributed by atoms with Crippen molar-refractivity contribution in [3.8, 4) is 11.5 Å². The van der Waals surface area contributed by atoms with Gasteiger partial charge in [0.1, 0.15) is 11.5 Å². The fourth-order valence-electron chi connectivity index (χ4n) is 7.36. The van der Waals surface area contributed by atoms with Gasteiger partial charge in [-0.1, -0.05) is 97.1 Å². The number of benzene rings is 9. The number of rotatable bonds is 5. The Morgan fingerprint density at radius 3 is 1.21 bits per heavy atom. The zero-order valence-electron chi connectivity index (χ0n) is 26.2. The van der Waals surface area contributed by atoms with E-state index in [0.29, 0.717) is 0 Å². The maximum absolute atomic E-state index is 5.57. The van der Waals surface area contributed by atoms with Crippen molar-refractivity contribution in [3.05, 3.63) is 152 Å². The van der Waals surface area contributed by atoms with E-state index in [0.717, 1.165) is 28.6 Å². The Balaban J connectivity index is 1.51. The molecule has 0 atom stereocenters. The van der Waals surface area contributed by atoms with Gasteiger partial charge in [0.15, 0.2) is 0 Å². The van der Waals surface area contributed by atoms with Crippen LogP contribution in [0.2, 0.25) is 0 Å². The molecule has 224 valence electrons. The summed E-state index contributed by atoms with van der Waals surface area (Å²) in [6, 6.07) is 54.7. The average Bonchev–Trinajstić information content (AvgIpc) is 3.14. The minimum atomic E-state index is 0.820. The zero-order valence-corrected chi connectivity index (χ0v) is 26.2. The molecule has 3 nitrogen and oxygen atoms in total. The van der Waals surface area contributed by atoms with Crippen LogP contribution in [0.3, 0.4) is 0 Å². The Hall–Kier alpha value is -6.06. The summed E-state index contributed by atoms with van der Waals surface area (Å²) in [5.74, 6) is 1.64. The summed E-state index contributed by atoms with van der Waals surface area (Å²) in [6.07, 6.45) is 0. The van der Waals surface area contributed by atoms with Crippen LogP contribution in [0.5, 0.6) is 11.5 Å². The van der Waals surface area contributed by atoms with E-state index in [9.17, 15) is 0 Å². The largest absolute Gasteiger partial charge is 0.497 e. The summed E-state index contributed by atoms with van der Waals surface area (Å²) >= 11 is 0. The lowest BCUT2D eigenvalue weighted by molar-refractivity contribution is 0.415. The Bertz CT molecular complexity index is 2460. The van der Waals surface area contributed by atoms with E-state index < -0.39 is 0 Å². The van der Waals surface area contributed by atoms with Crippen molar-refractivity contribution in [2.45, 2.75) is 0 Å². The van der Waals surface area contributed by atoms with Gasteiger partial charge in [-0.25, -0.2) is 0 Å². The van der Waals surface area contributed by atoms with Gasteiger partial charge in [-0.3, -0.25) is 0 Å². The molecule has 0 unspecified atom stereocenters. The van der Waals surface area contributed by atoms with Crippen molar-refractivity contribution in [2.24, 2.45) is 0 Å². The lowest BCUT2D eigenvalue weighted by atomic mass is 9.89. The number of nitrogens with zero attached hydrogens (tertiary/aromatic N) is 1. The monoisotopic (exact) mass is 605 g/mol. The molecule has 0 aliphatic rings. The van der Waals surface area contributed by atoms with Crippen molar-refractivity contribution < 1.29 is 9.47 Å². The number of hydrogen-bond donors (Lipinski definition) is 0. The summed E-state index contributed by atoms with van der Waals surface area (Å²) in [5, 5.41) is 14.8. The molecule has 0 spiro atoms. The molecule has 47 heavy (non-hydrogen) atoms. The molecular weight excluding hydrogens is 574 g/mol. The fourth-order valence-corrected chi connectivity index (χ4v) is 7.36. The molecule has 0 heterocycles. The smallest absolute Gasteiger partial charge is 0.119 e. The molecule has 0 bridgehead atoms. The molecule has 0 aliphatic carbocycles. The van der Waals surface area contributed by atoms with E-state index >= 15 is 0 Å². The van der Waals surface area contributed by atoms with Crippen molar-refractivity contribution in [3.63, 3.8) is 0 Å². The third-order valence-corrected chi connectivity index (χ3v) is 9.58. The number of methoxy groups -OCH3 is 2. The van der Waals surface area contributed by atoms with Gasteiger partial charge in [-0.15, -0.1) is 0 Å². The molecule has 9 aromatic carbocycles. The van der Waals surface area contributed by atoms with Crippen LogP contribution in [-0.2, 0) is 0 Å². The number of anilines is 3. The molecule has 0 amide bonds. The third kappa shape index (κ3) is 4.28. The maximum atomic E-state index is 5.57. The van der Waals surface area contributed by atoms with E-state index in [4.69, 9.17) is 9.47 Å². The molecule has 0 aliphatic heterocycles. The Morgan fingerprint density at radius 1 is 0.362 bits per heavy atom. The normalized spacial score (nSPS) is 11.6. The van der Waals surface area contributed by atoms with Crippen molar-refractivity contribution in [1.29, 1.82) is 0 Å². The maximum Gasteiger partial charge on any atom is 0.119 e. The van der Waals surface area contributed by atoms with Crippen LogP contribution in [0.25, 0.3) is 64.6 Å². The van der Waals surface area contributed by atoms with E-state index in [2.05, 4.69) is 132 Å². The van der Waals surface area contributed by atoms with Gasteiger partial charge in [0.2, 0.25) is 0 Å². The molecule has 9 rings (SSSR count). The van der Waals surface area contributed by atoms with Gasteiger partial charge >= 0.3 is 0 Å². The standard InChI is InChI=1S/C44H31NO2/c1-46-34-21-17-32(18-22-34)45(33-19-23-35(47-2)24-20-33)44-38-25-15-30-13-11-28-7-3-5-9-36(28)42(30)40(38)27-41-39(44)26-16-31-14-12-29-8-4-6-10-37(29)43(31)41/h3-27H,1-2H3. The van der Waals surface area contributed by atoms with Crippen molar-refractivity contribution >= 4 is 81.7 Å². The number of ether oxygens (including phenoxy) is 2. The first-order valence-electron chi connectivity index (χ1n) is 15.9. The average molecular weight is 606 g/mol. The molecule has 0 fully saturated rings. The second kappa shape index (κ2) is 10.8. The Morgan fingerprint density at radius 2 is 0.766 bits per heavy atom. The molecule has 0 saturated heterocycles. The molecule has 9 aromatic rings. The molecule has 0 radical (unpaired) electrons. The lowest BCUT2D eigenvalue weighted by Crippen LogP contribution is -2.11. The van der Waals surface area contributed by atoms with Gasteiger partial charge < -0.3 is 14.4 Å². The molecular formula is C44H31NO2. The summed E-state index contributed by atoms with van der Waals surface area (Å²) in [5.41, 5.74) is 3.22. The fraction of sp³-hybridized carbons (Fsp3) is 0.0455. The van der Waals surface area contributed by atoms with Gasteiger partial charge in [-0.05, 0) is 108 Å². The van der Waals surface area contributed by atoms with Crippen LogP contribution >= 0.6 is 0 Å². The van der Waals surface area contributed by atoms with E-state index in [1.165, 1.54) is 64.6 Å². The zero-order chi connectivity index (χ0) is 31.5. The van der Waals surface area contributed by atoms with Crippen LogP contribution < -0.4 is 14.4 Å². The highest BCUT2D eigenvalue weighted by atomic mass is 16.5. The van der Waals surface area contributed by atoms with Gasteiger partial charge in [0.05, 0.1) is 19.9 Å². The highest BCUT2D eigenvalue weighted by Gasteiger charge is 2.22. The minimum absolute atomic E-state index is 0.820. The van der Waals surface area contributed by atoms with Crippen LogP contribution in [0.15, 0.2) is 152 Å². The van der Waals surface area contributed by atoms with E-state index in [-0.39, 0.29) is 0 Å².